The summed E-state index contributed by atoms with van der Waals surface area (Å²) in [5.41, 5.74) is 7.39. The topological polar surface area (TPSA) is 99.4 Å². The van der Waals surface area contributed by atoms with Crippen LogP contribution in [0.25, 0.3) is 11.3 Å². The SMILES string of the molecule is COc1ccc(OCCCNc2nccc(-c3ccc(C(N)=O)cc3)n2)cc1. The van der Waals surface area contributed by atoms with Crippen molar-refractivity contribution in [3.05, 3.63) is 66.4 Å². The molecule has 0 fully saturated rings. The van der Waals surface area contributed by atoms with E-state index in [1.54, 1.807) is 25.4 Å². The van der Waals surface area contributed by atoms with Gasteiger partial charge in [-0.25, -0.2) is 9.97 Å². The lowest BCUT2D eigenvalue weighted by atomic mass is 10.1. The van der Waals surface area contributed by atoms with Crippen LogP contribution in [0, 0.1) is 0 Å². The Morgan fingerprint density at radius 2 is 1.75 bits per heavy atom. The summed E-state index contributed by atoms with van der Waals surface area (Å²) in [7, 11) is 1.63. The van der Waals surface area contributed by atoms with Gasteiger partial charge in [0.2, 0.25) is 11.9 Å². The molecule has 144 valence electrons. The van der Waals surface area contributed by atoms with Gasteiger partial charge >= 0.3 is 0 Å². The molecule has 0 unspecified atom stereocenters. The molecule has 3 aromatic rings. The smallest absolute Gasteiger partial charge is 0.248 e. The van der Waals surface area contributed by atoms with Crippen LogP contribution < -0.4 is 20.5 Å². The Morgan fingerprint density at radius 3 is 2.43 bits per heavy atom. The van der Waals surface area contributed by atoms with Crippen LogP contribution in [-0.2, 0) is 0 Å². The summed E-state index contributed by atoms with van der Waals surface area (Å²) in [6.07, 6.45) is 2.49. The van der Waals surface area contributed by atoms with Gasteiger partial charge in [-0.3, -0.25) is 4.79 Å². The molecule has 0 aliphatic rings. The zero-order valence-corrected chi connectivity index (χ0v) is 15.6. The van der Waals surface area contributed by atoms with Crippen LogP contribution in [-0.4, -0.2) is 36.1 Å². The maximum absolute atomic E-state index is 11.2. The minimum atomic E-state index is -0.451. The number of anilines is 1. The second kappa shape index (κ2) is 9.36. The molecular weight excluding hydrogens is 356 g/mol. The Hall–Kier alpha value is -3.61. The van der Waals surface area contributed by atoms with Gasteiger partial charge in [0, 0.05) is 23.9 Å². The van der Waals surface area contributed by atoms with Crippen molar-refractivity contribution in [2.24, 2.45) is 5.73 Å². The number of aromatic nitrogens is 2. The average Bonchev–Trinajstić information content (AvgIpc) is 2.74. The van der Waals surface area contributed by atoms with Crippen molar-refractivity contribution in [3.63, 3.8) is 0 Å². The molecule has 0 bridgehead atoms. The molecule has 7 heteroatoms. The quantitative estimate of drug-likeness (QED) is 0.555. The van der Waals surface area contributed by atoms with E-state index in [4.69, 9.17) is 15.2 Å². The van der Waals surface area contributed by atoms with Crippen LogP contribution in [0.5, 0.6) is 11.5 Å². The zero-order chi connectivity index (χ0) is 19.8. The number of nitrogens with two attached hydrogens (primary N) is 1. The fraction of sp³-hybridized carbons (Fsp3) is 0.190. The molecule has 0 aliphatic heterocycles. The molecule has 0 aliphatic carbocycles. The number of hydrogen-bond acceptors (Lipinski definition) is 6. The van der Waals surface area contributed by atoms with Crippen LogP contribution in [0.1, 0.15) is 16.8 Å². The molecular formula is C21H22N4O3. The third-order valence-electron chi connectivity index (χ3n) is 4.05. The highest BCUT2D eigenvalue weighted by molar-refractivity contribution is 5.93. The first-order valence-corrected chi connectivity index (χ1v) is 8.90. The maximum atomic E-state index is 11.2. The van der Waals surface area contributed by atoms with Gasteiger partial charge in [0.05, 0.1) is 19.4 Å². The first-order chi connectivity index (χ1) is 13.7. The number of rotatable bonds is 9. The van der Waals surface area contributed by atoms with Gasteiger partial charge in [-0.1, -0.05) is 12.1 Å². The van der Waals surface area contributed by atoms with Crippen LogP contribution in [0.3, 0.4) is 0 Å². The van der Waals surface area contributed by atoms with Crippen molar-refractivity contribution in [1.82, 2.24) is 9.97 Å². The Bertz CT molecular complexity index is 912. The van der Waals surface area contributed by atoms with Crippen molar-refractivity contribution in [3.8, 4) is 22.8 Å². The van der Waals surface area contributed by atoms with Gasteiger partial charge in [0.15, 0.2) is 0 Å². The van der Waals surface area contributed by atoms with E-state index in [1.165, 1.54) is 0 Å². The first-order valence-electron chi connectivity index (χ1n) is 8.90. The average molecular weight is 378 g/mol. The lowest BCUT2D eigenvalue weighted by Gasteiger charge is -2.09. The third-order valence-corrected chi connectivity index (χ3v) is 4.05. The second-order valence-corrected chi connectivity index (χ2v) is 6.01. The fourth-order valence-electron chi connectivity index (χ4n) is 2.54. The minimum Gasteiger partial charge on any atom is -0.497 e. The van der Waals surface area contributed by atoms with E-state index in [0.29, 0.717) is 24.7 Å². The van der Waals surface area contributed by atoms with E-state index in [1.807, 2.05) is 42.5 Å². The van der Waals surface area contributed by atoms with Crippen molar-refractivity contribution < 1.29 is 14.3 Å². The number of ether oxygens (including phenoxy) is 2. The number of primary amides is 1. The van der Waals surface area contributed by atoms with E-state index in [-0.39, 0.29) is 0 Å². The molecule has 3 rings (SSSR count). The van der Waals surface area contributed by atoms with E-state index >= 15 is 0 Å². The number of carbonyl (C=O) groups is 1. The molecule has 3 N–H and O–H groups in total. The summed E-state index contributed by atoms with van der Waals surface area (Å²) in [5, 5.41) is 3.19. The summed E-state index contributed by atoms with van der Waals surface area (Å²) in [4.78, 5) is 19.9. The summed E-state index contributed by atoms with van der Waals surface area (Å²) in [6, 6.07) is 16.3. The van der Waals surface area contributed by atoms with Crippen LogP contribution >= 0.6 is 0 Å². The highest BCUT2D eigenvalue weighted by atomic mass is 16.5. The highest BCUT2D eigenvalue weighted by Gasteiger charge is 2.04. The largest absolute Gasteiger partial charge is 0.497 e. The fourth-order valence-corrected chi connectivity index (χ4v) is 2.54. The van der Waals surface area contributed by atoms with Crippen LogP contribution in [0.15, 0.2) is 60.8 Å². The Kier molecular flexibility index (Phi) is 6.41. The number of amides is 1. The number of benzene rings is 2. The number of nitrogens with one attached hydrogen (secondary N) is 1. The van der Waals surface area contributed by atoms with E-state index < -0.39 is 5.91 Å². The first kappa shape index (κ1) is 19.2. The van der Waals surface area contributed by atoms with Crippen molar-refractivity contribution in [2.75, 3.05) is 25.6 Å². The molecule has 0 spiro atoms. The monoisotopic (exact) mass is 378 g/mol. The van der Waals surface area contributed by atoms with Gasteiger partial charge in [-0.05, 0) is 48.9 Å². The normalized spacial score (nSPS) is 10.3. The Balaban J connectivity index is 1.48. The molecule has 1 heterocycles. The van der Waals surface area contributed by atoms with Gasteiger partial charge < -0.3 is 20.5 Å². The number of nitrogens with zero attached hydrogens (tertiary/aromatic N) is 2. The summed E-state index contributed by atoms with van der Waals surface area (Å²) in [5.74, 6) is 1.70. The van der Waals surface area contributed by atoms with Crippen molar-refractivity contribution >= 4 is 11.9 Å². The molecule has 0 saturated carbocycles. The predicted octanol–water partition coefficient (Wildman–Crippen LogP) is 3.13. The standard InChI is InChI=1S/C21H22N4O3/c1-27-17-7-9-18(10-8-17)28-14-2-12-23-21-24-13-11-19(25-21)15-3-5-16(6-4-15)20(22)26/h3-11,13H,2,12,14H2,1H3,(H2,22,26)(H,23,24,25). The third kappa shape index (κ3) is 5.20. The lowest BCUT2D eigenvalue weighted by Crippen LogP contribution is -2.10. The highest BCUT2D eigenvalue weighted by Crippen LogP contribution is 2.19. The van der Waals surface area contributed by atoms with Gasteiger partial charge in [0.25, 0.3) is 0 Å². The number of carbonyl (C=O) groups excluding carboxylic acids is 1. The van der Waals surface area contributed by atoms with Crippen molar-refractivity contribution in [2.45, 2.75) is 6.42 Å². The molecule has 2 aromatic carbocycles. The molecule has 0 saturated heterocycles. The predicted molar refractivity (Wildman–Crippen MR) is 108 cm³/mol. The molecule has 7 nitrogen and oxygen atoms in total. The van der Waals surface area contributed by atoms with Crippen LogP contribution in [0.4, 0.5) is 5.95 Å². The van der Waals surface area contributed by atoms with Gasteiger partial charge in [-0.15, -0.1) is 0 Å². The van der Waals surface area contributed by atoms with Gasteiger partial charge in [-0.2, -0.15) is 0 Å². The number of hydrogen-bond donors (Lipinski definition) is 2. The number of methoxy groups -OCH3 is 1. The lowest BCUT2D eigenvalue weighted by molar-refractivity contribution is 0.100. The summed E-state index contributed by atoms with van der Waals surface area (Å²) < 4.78 is 10.8. The summed E-state index contributed by atoms with van der Waals surface area (Å²) in [6.45, 7) is 1.26. The van der Waals surface area contributed by atoms with E-state index in [2.05, 4.69) is 15.3 Å². The second-order valence-electron chi connectivity index (χ2n) is 6.01. The van der Waals surface area contributed by atoms with Gasteiger partial charge in [0.1, 0.15) is 11.5 Å². The molecule has 1 amide bonds. The minimum absolute atomic E-state index is 0.451. The molecule has 1 aromatic heterocycles. The van der Waals surface area contributed by atoms with E-state index in [9.17, 15) is 4.79 Å². The molecule has 0 radical (unpaired) electrons. The maximum Gasteiger partial charge on any atom is 0.248 e. The molecule has 28 heavy (non-hydrogen) atoms. The van der Waals surface area contributed by atoms with Crippen molar-refractivity contribution in [1.29, 1.82) is 0 Å². The summed E-state index contributed by atoms with van der Waals surface area (Å²) >= 11 is 0. The Labute approximate surface area is 163 Å². The van der Waals surface area contributed by atoms with Crippen LogP contribution in [0.2, 0.25) is 0 Å². The molecule has 0 atom stereocenters. The van der Waals surface area contributed by atoms with E-state index in [0.717, 1.165) is 29.2 Å². The Morgan fingerprint density at radius 1 is 1.04 bits per heavy atom. The zero-order valence-electron chi connectivity index (χ0n) is 15.6.